The molecule has 152 valence electrons. The highest BCUT2D eigenvalue weighted by Gasteiger charge is 2.08. The van der Waals surface area contributed by atoms with E-state index in [1.807, 2.05) is 48.5 Å². The van der Waals surface area contributed by atoms with E-state index < -0.39 is 0 Å². The van der Waals surface area contributed by atoms with Crippen LogP contribution in [0.25, 0.3) is 0 Å². The van der Waals surface area contributed by atoms with Crippen molar-refractivity contribution in [3.05, 3.63) is 77.4 Å². The van der Waals surface area contributed by atoms with Gasteiger partial charge in [-0.15, -0.1) is 0 Å². The van der Waals surface area contributed by atoms with E-state index in [4.69, 9.17) is 9.26 Å². The second kappa shape index (κ2) is 10.3. The van der Waals surface area contributed by atoms with Crippen LogP contribution in [0.4, 0.5) is 0 Å². The average molecular weight is 393 g/mol. The fourth-order valence-corrected chi connectivity index (χ4v) is 2.61. The maximum atomic E-state index is 5.76. The molecule has 0 aliphatic heterocycles. The van der Waals surface area contributed by atoms with Crippen molar-refractivity contribution in [2.45, 2.75) is 39.5 Å². The Morgan fingerprint density at radius 3 is 2.55 bits per heavy atom. The molecule has 0 amide bonds. The summed E-state index contributed by atoms with van der Waals surface area (Å²) in [5.74, 6) is 2.64. The number of aromatic nitrogens is 2. The predicted octanol–water partition coefficient (Wildman–Crippen LogP) is 3.64. The van der Waals surface area contributed by atoms with Crippen molar-refractivity contribution in [1.82, 2.24) is 20.8 Å². The van der Waals surface area contributed by atoms with Crippen LogP contribution < -0.4 is 15.4 Å². The number of ether oxygens (including phenoxy) is 1. The molecule has 0 saturated heterocycles. The molecule has 3 aromatic rings. The van der Waals surface area contributed by atoms with Gasteiger partial charge in [0.05, 0.1) is 17.9 Å². The fourth-order valence-electron chi connectivity index (χ4n) is 2.61. The minimum absolute atomic E-state index is 0.348. The van der Waals surface area contributed by atoms with Crippen molar-refractivity contribution in [2.75, 3.05) is 7.05 Å². The molecule has 0 radical (unpaired) electrons. The fraction of sp³-hybridized carbons (Fsp3) is 0.318. The van der Waals surface area contributed by atoms with Crippen molar-refractivity contribution in [1.29, 1.82) is 0 Å². The van der Waals surface area contributed by atoms with Crippen LogP contribution in [0.2, 0.25) is 0 Å². The van der Waals surface area contributed by atoms with Crippen LogP contribution in [0, 0.1) is 0 Å². The third kappa shape index (κ3) is 6.34. The van der Waals surface area contributed by atoms with E-state index in [2.05, 4.69) is 39.6 Å². The van der Waals surface area contributed by atoms with Gasteiger partial charge in [-0.25, -0.2) is 0 Å². The highest BCUT2D eigenvalue weighted by molar-refractivity contribution is 5.79. The summed E-state index contributed by atoms with van der Waals surface area (Å²) in [5, 5.41) is 10.6. The standard InChI is InChI=1S/C22H27N5O2/c1-16(2)21-12-20(29-27-21)14-26-22(23-3)25-13-17-7-9-19(10-8-17)28-15-18-6-4-5-11-24-18/h4-12,16H,13-15H2,1-3H3,(H2,23,25,26). The molecular weight excluding hydrogens is 366 g/mol. The van der Waals surface area contributed by atoms with E-state index in [1.54, 1.807) is 13.2 Å². The van der Waals surface area contributed by atoms with Crippen molar-refractivity contribution < 1.29 is 9.26 Å². The molecule has 0 atom stereocenters. The normalized spacial score (nSPS) is 11.5. The molecule has 7 nitrogen and oxygen atoms in total. The van der Waals surface area contributed by atoms with Crippen molar-refractivity contribution >= 4 is 5.96 Å². The van der Waals surface area contributed by atoms with E-state index >= 15 is 0 Å². The molecule has 0 bridgehead atoms. The number of benzene rings is 1. The van der Waals surface area contributed by atoms with Gasteiger partial charge in [0.2, 0.25) is 0 Å². The monoisotopic (exact) mass is 393 g/mol. The highest BCUT2D eigenvalue weighted by atomic mass is 16.5. The molecule has 7 heteroatoms. The maximum Gasteiger partial charge on any atom is 0.191 e. The minimum Gasteiger partial charge on any atom is -0.487 e. The third-order valence-corrected chi connectivity index (χ3v) is 4.32. The smallest absolute Gasteiger partial charge is 0.191 e. The Balaban J connectivity index is 1.44. The molecule has 0 spiro atoms. The first-order valence-corrected chi connectivity index (χ1v) is 9.65. The van der Waals surface area contributed by atoms with Crippen LogP contribution in [0.3, 0.4) is 0 Å². The van der Waals surface area contributed by atoms with Gasteiger partial charge in [0.25, 0.3) is 0 Å². The maximum absolute atomic E-state index is 5.76. The summed E-state index contributed by atoms with van der Waals surface area (Å²) in [6.45, 7) is 5.80. The first-order chi connectivity index (χ1) is 14.1. The Morgan fingerprint density at radius 2 is 1.90 bits per heavy atom. The third-order valence-electron chi connectivity index (χ3n) is 4.32. The second-order valence-corrected chi connectivity index (χ2v) is 6.91. The van der Waals surface area contributed by atoms with E-state index in [0.717, 1.165) is 28.5 Å². The number of hydrogen-bond acceptors (Lipinski definition) is 5. The Labute approximate surface area is 171 Å². The minimum atomic E-state index is 0.348. The molecular formula is C22H27N5O2. The van der Waals surface area contributed by atoms with Gasteiger partial charge in [0.15, 0.2) is 11.7 Å². The van der Waals surface area contributed by atoms with Crippen molar-refractivity contribution in [3.63, 3.8) is 0 Å². The van der Waals surface area contributed by atoms with Crippen LogP contribution in [0.15, 0.2) is 64.2 Å². The van der Waals surface area contributed by atoms with Crippen LogP contribution >= 0.6 is 0 Å². The summed E-state index contributed by atoms with van der Waals surface area (Å²) in [5.41, 5.74) is 2.98. The number of aliphatic imine (C=N–C) groups is 1. The van der Waals surface area contributed by atoms with E-state index in [-0.39, 0.29) is 0 Å². The Morgan fingerprint density at radius 1 is 1.10 bits per heavy atom. The number of nitrogens with zero attached hydrogens (tertiary/aromatic N) is 3. The van der Waals surface area contributed by atoms with Crippen LogP contribution in [-0.4, -0.2) is 23.1 Å². The predicted molar refractivity (Wildman–Crippen MR) is 113 cm³/mol. The lowest BCUT2D eigenvalue weighted by Gasteiger charge is -2.11. The summed E-state index contributed by atoms with van der Waals surface area (Å²) >= 11 is 0. The molecule has 2 heterocycles. The molecule has 0 saturated carbocycles. The summed E-state index contributed by atoms with van der Waals surface area (Å²) in [7, 11) is 1.74. The summed E-state index contributed by atoms with van der Waals surface area (Å²) in [6, 6.07) is 15.7. The zero-order chi connectivity index (χ0) is 20.5. The molecule has 0 aliphatic rings. The zero-order valence-electron chi connectivity index (χ0n) is 17.1. The van der Waals surface area contributed by atoms with Gasteiger partial charge in [-0.3, -0.25) is 9.98 Å². The van der Waals surface area contributed by atoms with Gasteiger partial charge < -0.3 is 19.9 Å². The number of rotatable bonds is 8. The topological polar surface area (TPSA) is 84.6 Å². The quantitative estimate of drug-likeness (QED) is 0.449. The lowest BCUT2D eigenvalue weighted by atomic mass is 10.1. The van der Waals surface area contributed by atoms with Gasteiger partial charge >= 0.3 is 0 Å². The number of pyridine rings is 1. The lowest BCUT2D eigenvalue weighted by Crippen LogP contribution is -2.36. The van der Waals surface area contributed by atoms with Crippen LogP contribution in [0.5, 0.6) is 5.75 Å². The molecule has 2 aromatic heterocycles. The van der Waals surface area contributed by atoms with Gasteiger partial charge in [-0.2, -0.15) is 0 Å². The Bertz CT molecular complexity index is 904. The molecule has 0 unspecified atom stereocenters. The van der Waals surface area contributed by atoms with E-state index in [9.17, 15) is 0 Å². The van der Waals surface area contributed by atoms with Gasteiger partial charge in [-0.1, -0.05) is 37.2 Å². The lowest BCUT2D eigenvalue weighted by molar-refractivity contribution is 0.301. The van der Waals surface area contributed by atoms with E-state index in [1.165, 1.54) is 0 Å². The van der Waals surface area contributed by atoms with Gasteiger partial charge in [0, 0.05) is 25.9 Å². The zero-order valence-corrected chi connectivity index (χ0v) is 17.1. The van der Waals surface area contributed by atoms with Gasteiger partial charge in [0.1, 0.15) is 12.4 Å². The summed E-state index contributed by atoms with van der Waals surface area (Å²) in [6.07, 6.45) is 1.76. The first kappa shape index (κ1) is 20.4. The van der Waals surface area contributed by atoms with Crippen molar-refractivity contribution in [2.24, 2.45) is 4.99 Å². The van der Waals surface area contributed by atoms with Crippen LogP contribution in [-0.2, 0) is 19.7 Å². The Kier molecular flexibility index (Phi) is 7.22. The number of hydrogen-bond donors (Lipinski definition) is 2. The molecule has 0 aliphatic carbocycles. The van der Waals surface area contributed by atoms with Crippen LogP contribution in [0.1, 0.15) is 42.5 Å². The molecule has 1 aromatic carbocycles. The Hall–Kier alpha value is -3.35. The van der Waals surface area contributed by atoms with Gasteiger partial charge in [-0.05, 0) is 35.7 Å². The van der Waals surface area contributed by atoms with E-state index in [0.29, 0.717) is 31.6 Å². The summed E-state index contributed by atoms with van der Waals surface area (Å²) < 4.78 is 11.1. The molecule has 2 N–H and O–H groups in total. The molecule has 3 rings (SSSR count). The highest BCUT2D eigenvalue weighted by Crippen LogP contribution is 2.14. The summed E-state index contributed by atoms with van der Waals surface area (Å²) in [4.78, 5) is 8.49. The van der Waals surface area contributed by atoms with Crippen molar-refractivity contribution in [3.8, 4) is 5.75 Å². The second-order valence-electron chi connectivity index (χ2n) is 6.91. The largest absolute Gasteiger partial charge is 0.487 e. The SMILES string of the molecule is CN=C(NCc1ccc(OCc2ccccn2)cc1)NCc1cc(C(C)C)no1. The number of guanidine groups is 1. The molecule has 0 fully saturated rings. The average Bonchev–Trinajstić information content (AvgIpc) is 3.23. The molecule has 29 heavy (non-hydrogen) atoms. The first-order valence-electron chi connectivity index (χ1n) is 9.65. The number of nitrogens with one attached hydrogen (secondary N) is 2.